The number of carbonyl (C=O) groups is 1. The summed E-state index contributed by atoms with van der Waals surface area (Å²) in [6.07, 6.45) is 0. The van der Waals surface area contributed by atoms with Crippen LogP contribution in [-0.4, -0.2) is 24.2 Å². The third-order valence-electron chi connectivity index (χ3n) is 1.57. The van der Waals surface area contributed by atoms with Gasteiger partial charge >= 0.3 is 0 Å². The lowest BCUT2D eigenvalue weighted by Gasteiger charge is -2.21. The summed E-state index contributed by atoms with van der Waals surface area (Å²) >= 11 is 5.65. The van der Waals surface area contributed by atoms with Gasteiger partial charge < -0.3 is 5.32 Å². The van der Waals surface area contributed by atoms with Crippen molar-refractivity contribution in [2.45, 2.75) is 12.3 Å². The van der Waals surface area contributed by atoms with Gasteiger partial charge in [0.15, 0.2) is 5.78 Å². The van der Waals surface area contributed by atoms with Crippen molar-refractivity contribution in [2.24, 2.45) is 5.92 Å². The van der Waals surface area contributed by atoms with E-state index in [1.807, 2.05) is 6.92 Å². The first-order chi connectivity index (χ1) is 4.22. The van der Waals surface area contributed by atoms with Gasteiger partial charge in [-0.25, -0.2) is 0 Å². The fourth-order valence-electron chi connectivity index (χ4n) is 0.936. The third-order valence-corrected chi connectivity index (χ3v) is 1.94. The summed E-state index contributed by atoms with van der Waals surface area (Å²) in [6, 6.07) is 0. The van der Waals surface area contributed by atoms with Crippen LogP contribution in [0, 0.1) is 5.92 Å². The number of carbonyl (C=O) groups excluding carboxylic acids is 1. The molecule has 2 unspecified atom stereocenters. The van der Waals surface area contributed by atoms with E-state index in [-0.39, 0.29) is 17.1 Å². The maximum atomic E-state index is 11.0. The zero-order chi connectivity index (χ0) is 6.85. The average molecular weight is 148 g/mol. The standard InChI is InChI=1S/C6H10ClNO/c1-4-2-8-3-5(7)6(4)9/h4-5,8H,2-3H2,1H3. The zero-order valence-corrected chi connectivity index (χ0v) is 6.11. The van der Waals surface area contributed by atoms with Crippen LogP contribution in [0.1, 0.15) is 6.92 Å². The Morgan fingerprint density at radius 2 is 2.33 bits per heavy atom. The molecule has 0 aromatic heterocycles. The first-order valence-corrected chi connectivity index (χ1v) is 3.54. The number of Topliss-reactive ketones (excluding diaryl/α,β-unsaturated/α-hetero) is 1. The molecule has 0 bridgehead atoms. The first kappa shape index (κ1) is 7.03. The Kier molecular flexibility index (Phi) is 2.09. The number of halogens is 1. The summed E-state index contributed by atoms with van der Waals surface area (Å²) in [6.45, 7) is 3.30. The molecule has 0 aromatic rings. The average Bonchev–Trinajstić information content (AvgIpc) is 1.83. The summed E-state index contributed by atoms with van der Waals surface area (Å²) in [7, 11) is 0. The Morgan fingerprint density at radius 3 is 2.78 bits per heavy atom. The second-order valence-electron chi connectivity index (χ2n) is 2.43. The Bertz CT molecular complexity index is 114. The van der Waals surface area contributed by atoms with Crippen LogP contribution in [0.4, 0.5) is 0 Å². The highest BCUT2D eigenvalue weighted by Gasteiger charge is 2.25. The molecular formula is C6H10ClNO. The van der Waals surface area contributed by atoms with E-state index in [4.69, 9.17) is 11.6 Å². The molecule has 9 heavy (non-hydrogen) atoms. The van der Waals surface area contributed by atoms with Crippen LogP contribution in [0.2, 0.25) is 0 Å². The second-order valence-corrected chi connectivity index (χ2v) is 2.96. The van der Waals surface area contributed by atoms with Gasteiger partial charge in [-0.3, -0.25) is 4.79 Å². The van der Waals surface area contributed by atoms with Crippen LogP contribution in [0.25, 0.3) is 0 Å². The molecule has 2 nitrogen and oxygen atoms in total. The highest BCUT2D eigenvalue weighted by atomic mass is 35.5. The number of piperidine rings is 1. The molecule has 1 heterocycles. The summed E-state index contributed by atoms with van der Waals surface area (Å²) in [5.74, 6) is 0.275. The molecule has 0 radical (unpaired) electrons. The van der Waals surface area contributed by atoms with E-state index in [2.05, 4.69) is 5.32 Å². The highest BCUT2D eigenvalue weighted by molar-refractivity contribution is 6.31. The van der Waals surface area contributed by atoms with Crippen molar-refractivity contribution < 1.29 is 4.79 Å². The Hall–Kier alpha value is -0.0800. The molecule has 1 saturated heterocycles. The molecule has 1 aliphatic rings. The molecular weight excluding hydrogens is 138 g/mol. The lowest BCUT2D eigenvalue weighted by atomic mass is 10.0. The topological polar surface area (TPSA) is 29.1 Å². The minimum Gasteiger partial charge on any atom is -0.314 e. The van der Waals surface area contributed by atoms with E-state index in [0.717, 1.165) is 6.54 Å². The lowest BCUT2D eigenvalue weighted by Crippen LogP contribution is -2.43. The number of hydrogen-bond donors (Lipinski definition) is 1. The Labute approximate surface area is 59.6 Å². The minimum absolute atomic E-state index is 0.0984. The molecule has 1 N–H and O–H groups in total. The van der Waals surface area contributed by atoms with Gasteiger partial charge in [-0.1, -0.05) is 6.92 Å². The van der Waals surface area contributed by atoms with E-state index in [0.29, 0.717) is 6.54 Å². The van der Waals surface area contributed by atoms with Gasteiger partial charge in [0.25, 0.3) is 0 Å². The van der Waals surface area contributed by atoms with Crippen LogP contribution in [0.15, 0.2) is 0 Å². The molecule has 0 aliphatic carbocycles. The van der Waals surface area contributed by atoms with Gasteiger partial charge in [-0.05, 0) is 0 Å². The van der Waals surface area contributed by atoms with E-state index >= 15 is 0 Å². The molecule has 0 spiro atoms. The molecule has 2 atom stereocenters. The maximum Gasteiger partial charge on any atom is 0.156 e. The summed E-state index contributed by atoms with van der Waals surface area (Å²) in [5, 5.41) is 2.76. The number of ketones is 1. The van der Waals surface area contributed by atoms with Crippen molar-refractivity contribution in [1.82, 2.24) is 5.32 Å². The SMILES string of the molecule is CC1CNCC(Cl)C1=O. The van der Waals surface area contributed by atoms with Crippen LogP contribution < -0.4 is 5.32 Å². The van der Waals surface area contributed by atoms with E-state index < -0.39 is 0 Å². The van der Waals surface area contributed by atoms with Crippen LogP contribution in [-0.2, 0) is 4.79 Å². The number of alkyl halides is 1. The predicted molar refractivity (Wildman–Crippen MR) is 36.7 cm³/mol. The van der Waals surface area contributed by atoms with Gasteiger partial charge in [-0.2, -0.15) is 0 Å². The molecule has 0 amide bonds. The van der Waals surface area contributed by atoms with Crippen LogP contribution in [0.5, 0.6) is 0 Å². The van der Waals surface area contributed by atoms with Crippen molar-refractivity contribution in [1.29, 1.82) is 0 Å². The highest BCUT2D eigenvalue weighted by Crippen LogP contribution is 2.09. The van der Waals surface area contributed by atoms with Gasteiger partial charge in [0, 0.05) is 19.0 Å². The largest absolute Gasteiger partial charge is 0.314 e. The van der Waals surface area contributed by atoms with Crippen molar-refractivity contribution in [3.63, 3.8) is 0 Å². The molecule has 52 valence electrons. The molecule has 3 heteroatoms. The van der Waals surface area contributed by atoms with E-state index in [1.165, 1.54) is 0 Å². The minimum atomic E-state index is -0.297. The fourth-order valence-corrected chi connectivity index (χ4v) is 1.26. The normalized spacial score (nSPS) is 36.9. The molecule has 1 aliphatic heterocycles. The monoisotopic (exact) mass is 147 g/mol. The van der Waals surface area contributed by atoms with Gasteiger partial charge in [0.2, 0.25) is 0 Å². The smallest absolute Gasteiger partial charge is 0.156 e. The van der Waals surface area contributed by atoms with Crippen molar-refractivity contribution in [2.75, 3.05) is 13.1 Å². The molecule has 1 fully saturated rings. The molecule has 0 aromatic carbocycles. The maximum absolute atomic E-state index is 11.0. The summed E-state index contributed by atoms with van der Waals surface area (Å²) in [4.78, 5) is 11.0. The number of hydrogen-bond acceptors (Lipinski definition) is 2. The number of nitrogens with one attached hydrogen (secondary N) is 1. The van der Waals surface area contributed by atoms with Crippen molar-refractivity contribution in [3.05, 3.63) is 0 Å². The first-order valence-electron chi connectivity index (χ1n) is 3.10. The van der Waals surface area contributed by atoms with Crippen molar-refractivity contribution >= 4 is 17.4 Å². The van der Waals surface area contributed by atoms with E-state index in [1.54, 1.807) is 0 Å². The fraction of sp³-hybridized carbons (Fsp3) is 0.833. The van der Waals surface area contributed by atoms with Gasteiger partial charge in [0.1, 0.15) is 5.38 Å². The van der Waals surface area contributed by atoms with Gasteiger partial charge in [-0.15, -0.1) is 11.6 Å². The Morgan fingerprint density at radius 1 is 1.67 bits per heavy atom. The van der Waals surface area contributed by atoms with Crippen molar-refractivity contribution in [3.8, 4) is 0 Å². The second kappa shape index (κ2) is 2.67. The number of rotatable bonds is 0. The van der Waals surface area contributed by atoms with E-state index in [9.17, 15) is 4.79 Å². The summed E-state index contributed by atoms with van der Waals surface area (Å²) in [5.41, 5.74) is 0. The molecule has 1 rings (SSSR count). The lowest BCUT2D eigenvalue weighted by molar-refractivity contribution is -0.122. The van der Waals surface area contributed by atoms with Crippen LogP contribution in [0.3, 0.4) is 0 Å². The van der Waals surface area contributed by atoms with Gasteiger partial charge in [0.05, 0.1) is 0 Å². The molecule has 0 saturated carbocycles. The summed E-state index contributed by atoms with van der Waals surface area (Å²) < 4.78 is 0. The quantitative estimate of drug-likeness (QED) is 0.503. The zero-order valence-electron chi connectivity index (χ0n) is 5.36. The third kappa shape index (κ3) is 1.43. The van der Waals surface area contributed by atoms with Crippen LogP contribution >= 0.6 is 11.6 Å². The predicted octanol–water partition coefficient (Wildman–Crippen LogP) is 0.402. The Balaban J connectivity index is 2.52.